The molecule has 98 valence electrons. The number of hydrogen-bond donors (Lipinski definition) is 2. The van der Waals surface area contributed by atoms with Crippen LogP contribution in [-0.2, 0) is 0 Å². The molecule has 2 rings (SSSR count). The molecule has 5 nitrogen and oxygen atoms in total. The van der Waals surface area contributed by atoms with Gasteiger partial charge in [0.05, 0.1) is 5.56 Å². The normalized spacial score (nSPS) is 10.2. The van der Waals surface area contributed by atoms with Crippen LogP contribution in [-0.4, -0.2) is 22.5 Å². The number of aromatic amines is 1. The molecular weight excluding hydrogens is 244 g/mol. The number of carbonyl (C=O) groups excluding carboxylic acids is 1. The van der Waals surface area contributed by atoms with Crippen molar-refractivity contribution >= 4 is 11.6 Å². The zero-order valence-corrected chi connectivity index (χ0v) is 10.5. The Morgan fingerprint density at radius 2 is 2.00 bits per heavy atom. The van der Waals surface area contributed by atoms with Gasteiger partial charge in [0.2, 0.25) is 0 Å². The predicted octanol–water partition coefficient (Wildman–Crippen LogP) is 1.75. The number of aromatic nitrogens is 1. The summed E-state index contributed by atoms with van der Waals surface area (Å²) in [4.78, 5) is 27.3. The number of para-hydroxylation sites is 1. The van der Waals surface area contributed by atoms with Gasteiger partial charge in [0.1, 0.15) is 5.75 Å². The van der Waals surface area contributed by atoms with Crippen molar-refractivity contribution in [1.29, 1.82) is 0 Å². The van der Waals surface area contributed by atoms with Gasteiger partial charge in [-0.15, -0.1) is 0 Å². The van der Waals surface area contributed by atoms with Crippen LogP contribution in [0.1, 0.15) is 17.3 Å². The third kappa shape index (κ3) is 2.65. The summed E-state index contributed by atoms with van der Waals surface area (Å²) < 4.78 is 0. The van der Waals surface area contributed by atoms with Gasteiger partial charge < -0.3 is 15.0 Å². The van der Waals surface area contributed by atoms with Crippen molar-refractivity contribution in [1.82, 2.24) is 4.98 Å². The van der Waals surface area contributed by atoms with Crippen molar-refractivity contribution in [2.45, 2.75) is 6.92 Å². The van der Waals surface area contributed by atoms with E-state index in [0.717, 1.165) is 11.8 Å². The Labute approximate surface area is 110 Å². The topological polar surface area (TPSA) is 73.4 Å². The fraction of sp³-hybridized carbons (Fsp3) is 0.143. The Balaban J connectivity index is 2.39. The van der Waals surface area contributed by atoms with Gasteiger partial charge in [-0.2, -0.15) is 0 Å². The molecule has 0 aliphatic heterocycles. The van der Waals surface area contributed by atoms with Crippen molar-refractivity contribution in [3.63, 3.8) is 0 Å². The SMILES string of the molecule is CCN(C(=O)c1c[nH]c(=O)cc1O)c1ccccc1. The minimum atomic E-state index is -0.447. The Kier molecular flexibility index (Phi) is 3.66. The first-order valence-corrected chi connectivity index (χ1v) is 5.92. The number of benzene rings is 1. The van der Waals surface area contributed by atoms with Crippen LogP contribution in [0, 0.1) is 0 Å². The average Bonchev–Trinajstić information content (AvgIpc) is 2.40. The molecule has 1 aromatic heterocycles. The van der Waals surface area contributed by atoms with Crippen LogP contribution < -0.4 is 10.5 Å². The van der Waals surface area contributed by atoms with E-state index in [0.29, 0.717) is 6.54 Å². The number of anilines is 1. The van der Waals surface area contributed by atoms with Gasteiger partial charge in [0, 0.05) is 24.5 Å². The summed E-state index contributed by atoms with van der Waals surface area (Å²) in [7, 11) is 0. The van der Waals surface area contributed by atoms with Crippen molar-refractivity contribution < 1.29 is 9.90 Å². The number of aromatic hydroxyl groups is 1. The van der Waals surface area contributed by atoms with E-state index in [4.69, 9.17) is 0 Å². The highest BCUT2D eigenvalue weighted by Crippen LogP contribution is 2.20. The van der Waals surface area contributed by atoms with Gasteiger partial charge in [-0.05, 0) is 19.1 Å². The summed E-state index contributed by atoms with van der Waals surface area (Å²) >= 11 is 0. The summed E-state index contributed by atoms with van der Waals surface area (Å²) in [5, 5.41) is 9.69. The molecule has 0 saturated carbocycles. The Morgan fingerprint density at radius 1 is 1.32 bits per heavy atom. The van der Waals surface area contributed by atoms with Crippen LogP contribution in [0.15, 0.2) is 47.4 Å². The van der Waals surface area contributed by atoms with Crippen molar-refractivity contribution in [2.75, 3.05) is 11.4 Å². The maximum atomic E-state index is 12.4. The first kappa shape index (κ1) is 12.9. The fourth-order valence-corrected chi connectivity index (χ4v) is 1.83. The molecule has 0 spiro atoms. The molecule has 0 fully saturated rings. The number of H-pyrrole nitrogens is 1. The molecule has 0 bridgehead atoms. The number of nitrogens with one attached hydrogen (secondary N) is 1. The van der Waals surface area contributed by atoms with Crippen molar-refractivity contribution in [3.05, 3.63) is 58.5 Å². The van der Waals surface area contributed by atoms with Crippen LogP contribution in [0.25, 0.3) is 0 Å². The van der Waals surface area contributed by atoms with Gasteiger partial charge in [0.25, 0.3) is 11.5 Å². The molecule has 0 atom stereocenters. The van der Waals surface area contributed by atoms with Gasteiger partial charge in [-0.1, -0.05) is 18.2 Å². The van der Waals surface area contributed by atoms with E-state index in [-0.39, 0.29) is 17.2 Å². The second kappa shape index (κ2) is 5.39. The van der Waals surface area contributed by atoms with E-state index >= 15 is 0 Å². The first-order chi connectivity index (χ1) is 9.13. The average molecular weight is 258 g/mol. The molecule has 5 heteroatoms. The van der Waals surface area contributed by atoms with E-state index < -0.39 is 5.56 Å². The minimum absolute atomic E-state index is 0.0744. The zero-order chi connectivity index (χ0) is 13.8. The number of pyridine rings is 1. The Morgan fingerprint density at radius 3 is 2.58 bits per heavy atom. The lowest BCUT2D eigenvalue weighted by atomic mass is 10.2. The van der Waals surface area contributed by atoms with Crippen molar-refractivity contribution in [2.24, 2.45) is 0 Å². The van der Waals surface area contributed by atoms with Crippen LogP contribution in [0.2, 0.25) is 0 Å². The summed E-state index contributed by atoms with van der Waals surface area (Å²) in [6, 6.07) is 10.1. The monoisotopic (exact) mass is 258 g/mol. The molecular formula is C14H14N2O3. The first-order valence-electron chi connectivity index (χ1n) is 5.92. The molecule has 19 heavy (non-hydrogen) atoms. The smallest absolute Gasteiger partial charge is 0.263 e. The molecule has 2 N–H and O–H groups in total. The van der Waals surface area contributed by atoms with E-state index in [1.54, 1.807) is 0 Å². The van der Waals surface area contributed by atoms with Gasteiger partial charge >= 0.3 is 0 Å². The molecule has 1 amide bonds. The fourth-order valence-electron chi connectivity index (χ4n) is 1.83. The molecule has 2 aromatic rings. The molecule has 1 heterocycles. The maximum Gasteiger partial charge on any atom is 0.263 e. The third-order valence-corrected chi connectivity index (χ3v) is 2.76. The summed E-state index contributed by atoms with van der Waals surface area (Å²) in [5.74, 6) is -0.675. The largest absolute Gasteiger partial charge is 0.507 e. The van der Waals surface area contributed by atoms with Gasteiger partial charge in [0.15, 0.2) is 0 Å². The molecule has 0 aliphatic rings. The number of hydrogen-bond acceptors (Lipinski definition) is 3. The van der Waals surface area contributed by atoms with Crippen LogP contribution in [0.5, 0.6) is 5.75 Å². The zero-order valence-electron chi connectivity index (χ0n) is 10.5. The lowest BCUT2D eigenvalue weighted by Gasteiger charge is -2.21. The minimum Gasteiger partial charge on any atom is -0.507 e. The molecule has 1 aromatic carbocycles. The van der Waals surface area contributed by atoms with Crippen LogP contribution >= 0.6 is 0 Å². The molecule has 0 unspecified atom stereocenters. The highest BCUT2D eigenvalue weighted by Gasteiger charge is 2.19. The van der Waals surface area contributed by atoms with Gasteiger partial charge in [-0.3, -0.25) is 9.59 Å². The Bertz CT molecular complexity index is 635. The highest BCUT2D eigenvalue weighted by atomic mass is 16.3. The molecule has 0 radical (unpaired) electrons. The second-order valence-electron chi connectivity index (χ2n) is 3.98. The molecule has 0 aliphatic carbocycles. The van der Waals surface area contributed by atoms with E-state index in [1.807, 2.05) is 37.3 Å². The highest BCUT2D eigenvalue weighted by molar-refractivity contribution is 6.07. The summed E-state index contributed by atoms with van der Waals surface area (Å²) in [6.07, 6.45) is 1.23. The summed E-state index contributed by atoms with van der Waals surface area (Å²) in [5.41, 5.74) is 0.364. The summed E-state index contributed by atoms with van der Waals surface area (Å²) in [6.45, 7) is 2.30. The maximum absolute atomic E-state index is 12.4. The van der Waals surface area contributed by atoms with E-state index in [2.05, 4.69) is 4.98 Å². The lowest BCUT2D eigenvalue weighted by molar-refractivity contribution is 0.0985. The van der Waals surface area contributed by atoms with Crippen molar-refractivity contribution in [3.8, 4) is 5.75 Å². The third-order valence-electron chi connectivity index (χ3n) is 2.76. The standard InChI is InChI=1S/C14H14N2O3/c1-2-16(10-6-4-3-5-7-10)14(19)11-9-15-13(18)8-12(11)17/h3-9H,2H2,1H3,(H2,15,17,18). The quantitative estimate of drug-likeness (QED) is 0.880. The van der Waals surface area contributed by atoms with Crippen LogP contribution in [0.4, 0.5) is 5.69 Å². The number of nitrogens with zero attached hydrogens (tertiary/aromatic N) is 1. The molecule has 0 saturated heterocycles. The van der Waals surface area contributed by atoms with Gasteiger partial charge in [-0.25, -0.2) is 0 Å². The number of amides is 1. The number of carbonyl (C=O) groups is 1. The van der Waals surface area contributed by atoms with E-state index in [9.17, 15) is 14.7 Å². The second-order valence-corrected chi connectivity index (χ2v) is 3.98. The van der Waals surface area contributed by atoms with Crippen LogP contribution in [0.3, 0.4) is 0 Å². The number of rotatable bonds is 3. The lowest BCUT2D eigenvalue weighted by Crippen LogP contribution is -2.31. The predicted molar refractivity (Wildman–Crippen MR) is 72.5 cm³/mol. The Hall–Kier alpha value is -2.56. The van der Waals surface area contributed by atoms with E-state index in [1.165, 1.54) is 11.1 Å².